The number of urea groups is 1. The number of carboxylic acids is 1. The lowest BCUT2D eigenvalue weighted by Gasteiger charge is -2.27. The van der Waals surface area contributed by atoms with Crippen LogP contribution in [-0.2, 0) is 4.79 Å². The van der Waals surface area contributed by atoms with Gasteiger partial charge < -0.3 is 20.6 Å². The van der Waals surface area contributed by atoms with Gasteiger partial charge in [-0.2, -0.15) is 0 Å². The number of amides is 3. The second kappa shape index (κ2) is 8.90. The number of benzene rings is 1. The van der Waals surface area contributed by atoms with E-state index in [-0.39, 0.29) is 18.9 Å². The lowest BCUT2D eigenvalue weighted by atomic mass is 10.1. The molecule has 1 aromatic rings. The summed E-state index contributed by atoms with van der Waals surface area (Å²) in [6.45, 7) is 1.75. The molecule has 1 aromatic carbocycles. The molecule has 1 saturated heterocycles. The average Bonchev–Trinajstić information content (AvgIpc) is 2.59. The number of aliphatic carboxylic acids is 1. The molecular weight excluding hydrogens is 310 g/mol. The van der Waals surface area contributed by atoms with Crippen LogP contribution < -0.4 is 10.6 Å². The summed E-state index contributed by atoms with van der Waals surface area (Å²) >= 11 is 0. The summed E-state index contributed by atoms with van der Waals surface area (Å²) in [5.41, 5.74) is 0.934. The molecule has 2 rings (SSSR count). The number of carboxylic acid groups (broad SMARTS) is 1. The average molecular weight is 333 g/mol. The van der Waals surface area contributed by atoms with Gasteiger partial charge in [-0.1, -0.05) is 12.1 Å². The van der Waals surface area contributed by atoms with E-state index in [2.05, 4.69) is 10.6 Å². The normalized spacial score (nSPS) is 14.1. The van der Waals surface area contributed by atoms with E-state index in [1.54, 1.807) is 24.3 Å². The summed E-state index contributed by atoms with van der Waals surface area (Å²) in [6.07, 6.45) is 3.51. The zero-order chi connectivity index (χ0) is 17.4. The predicted molar refractivity (Wildman–Crippen MR) is 90.1 cm³/mol. The second-order valence-corrected chi connectivity index (χ2v) is 5.78. The lowest BCUT2D eigenvalue weighted by molar-refractivity contribution is -0.137. The Morgan fingerprint density at radius 1 is 1.08 bits per heavy atom. The summed E-state index contributed by atoms with van der Waals surface area (Å²) in [5.74, 6) is -0.967. The summed E-state index contributed by atoms with van der Waals surface area (Å²) in [6, 6.07) is 6.48. The van der Waals surface area contributed by atoms with Crippen molar-refractivity contribution in [2.75, 3.05) is 25.0 Å². The van der Waals surface area contributed by atoms with E-state index in [9.17, 15) is 14.4 Å². The van der Waals surface area contributed by atoms with Gasteiger partial charge in [-0.3, -0.25) is 9.59 Å². The largest absolute Gasteiger partial charge is 0.481 e. The number of para-hydroxylation sites is 1. The Morgan fingerprint density at radius 2 is 1.79 bits per heavy atom. The molecule has 0 aromatic heterocycles. The van der Waals surface area contributed by atoms with E-state index in [0.29, 0.717) is 17.7 Å². The first kappa shape index (κ1) is 17.8. The van der Waals surface area contributed by atoms with Gasteiger partial charge in [0.2, 0.25) is 0 Å². The molecule has 0 unspecified atom stereocenters. The third-order valence-electron chi connectivity index (χ3n) is 3.90. The molecule has 0 saturated carbocycles. The van der Waals surface area contributed by atoms with Crippen molar-refractivity contribution in [2.45, 2.75) is 32.1 Å². The zero-order valence-corrected chi connectivity index (χ0v) is 13.6. The van der Waals surface area contributed by atoms with E-state index in [0.717, 1.165) is 32.4 Å². The number of hydrogen-bond donors (Lipinski definition) is 3. The van der Waals surface area contributed by atoms with Gasteiger partial charge in [0.25, 0.3) is 5.91 Å². The van der Waals surface area contributed by atoms with E-state index in [4.69, 9.17) is 5.11 Å². The first-order chi connectivity index (χ1) is 11.6. The van der Waals surface area contributed by atoms with Gasteiger partial charge in [-0.25, -0.2) is 4.79 Å². The lowest BCUT2D eigenvalue weighted by Crippen LogP contribution is -2.36. The number of carbonyl (C=O) groups is 3. The first-order valence-electron chi connectivity index (χ1n) is 8.23. The van der Waals surface area contributed by atoms with Crippen LogP contribution in [0.5, 0.6) is 0 Å². The molecule has 0 aliphatic carbocycles. The van der Waals surface area contributed by atoms with Crippen LogP contribution in [0.15, 0.2) is 24.3 Å². The van der Waals surface area contributed by atoms with Crippen LogP contribution in [0.25, 0.3) is 0 Å². The third kappa shape index (κ3) is 5.26. The topological polar surface area (TPSA) is 98.7 Å². The zero-order valence-electron chi connectivity index (χ0n) is 13.6. The van der Waals surface area contributed by atoms with Crippen molar-refractivity contribution < 1.29 is 19.5 Å². The Bertz CT molecular complexity index is 597. The minimum atomic E-state index is -0.894. The van der Waals surface area contributed by atoms with Crippen molar-refractivity contribution >= 4 is 23.6 Å². The van der Waals surface area contributed by atoms with Gasteiger partial charge in [0, 0.05) is 26.1 Å². The molecule has 1 fully saturated rings. The maximum Gasteiger partial charge on any atom is 0.319 e. The highest BCUT2D eigenvalue weighted by atomic mass is 16.4. The number of piperidine rings is 1. The van der Waals surface area contributed by atoms with E-state index in [1.165, 1.54) is 0 Å². The Morgan fingerprint density at radius 3 is 2.50 bits per heavy atom. The maximum atomic E-state index is 12.6. The highest BCUT2D eigenvalue weighted by Crippen LogP contribution is 2.19. The van der Waals surface area contributed by atoms with Crippen molar-refractivity contribution in [3.63, 3.8) is 0 Å². The number of likely N-dealkylation sites (tertiary alicyclic amines) is 1. The molecule has 130 valence electrons. The fraction of sp³-hybridized carbons (Fsp3) is 0.471. The second-order valence-electron chi connectivity index (χ2n) is 5.78. The minimum absolute atomic E-state index is 0.00428. The summed E-state index contributed by atoms with van der Waals surface area (Å²) in [5, 5.41) is 13.8. The molecule has 0 bridgehead atoms. The van der Waals surface area contributed by atoms with Crippen molar-refractivity contribution in [1.29, 1.82) is 0 Å². The number of nitrogens with one attached hydrogen (secondary N) is 2. The van der Waals surface area contributed by atoms with Crippen LogP contribution in [0, 0.1) is 0 Å². The number of anilines is 1. The van der Waals surface area contributed by atoms with E-state index >= 15 is 0 Å². The molecule has 0 atom stereocenters. The van der Waals surface area contributed by atoms with Crippen molar-refractivity contribution in [2.24, 2.45) is 0 Å². The number of carbonyl (C=O) groups excluding carboxylic acids is 2. The van der Waals surface area contributed by atoms with Crippen LogP contribution >= 0.6 is 0 Å². The number of hydrogen-bond acceptors (Lipinski definition) is 3. The van der Waals surface area contributed by atoms with Gasteiger partial charge in [0.05, 0.1) is 11.3 Å². The van der Waals surface area contributed by atoms with Crippen LogP contribution in [0.2, 0.25) is 0 Å². The Labute approximate surface area is 141 Å². The Kier molecular flexibility index (Phi) is 6.60. The monoisotopic (exact) mass is 333 g/mol. The van der Waals surface area contributed by atoms with Crippen LogP contribution in [-0.4, -0.2) is 47.5 Å². The summed E-state index contributed by atoms with van der Waals surface area (Å²) in [4.78, 5) is 36.8. The first-order valence-corrected chi connectivity index (χ1v) is 8.23. The molecule has 1 aliphatic heterocycles. The van der Waals surface area contributed by atoms with Gasteiger partial charge in [0.15, 0.2) is 0 Å². The van der Waals surface area contributed by atoms with E-state index < -0.39 is 12.0 Å². The van der Waals surface area contributed by atoms with Gasteiger partial charge in [-0.05, 0) is 37.8 Å². The summed E-state index contributed by atoms with van der Waals surface area (Å²) in [7, 11) is 0. The quantitative estimate of drug-likeness (QED) is 0.696. The van der Waals surface area contributed by atoms with Crippen LogP contribution in [0.3, 0.4) is 0 Å². The fourth-order valence-corrected chi connectivity index (χ4v) is 2.65. The fourth-order valence-electron chi connectivity index (χ4n) is 2.65. The summed E-state index contributed by atoms with van der Waals surface area (Å²) < 4.78 is 0. The molecule has 0 radical (unpaired) electrons. The smallest absolute Gasteiger partial charge is 0.319 e. The molecule has 7 nitrogen and oxygen atoms in total. The SMILES string of the molecule is O=C(O)CCCNC(=O)Nc1ccccc1C(=O)N1CCCCC1. The molecular formula is C17H23N3O4. The molecule has 1 aliphatic rings. The predicted octanol–water partition coefficient (Wildman–Crippen LogP) is 2.30. The molecule has 7 heteroatoms. The standard InChI is InChI=1S/C17H23N3O4/c21-15(22)9-6-10-18-17(24)19-14-8-3-2-7-13(14)16(23)20-11-4-1-5-12-20/h2-3,7-8H,1,4-6,9-12H2,(H,21,22)(H2,18,19,24). The van der Waals surface area contributed by atoms with Crippen molar-refractivity contribution in [1.82, 2.24) is 10.2 Å². The molecule has 3 N–H and O–H groups in total. The van der Waals surface area contributed by atoms with Crippen molar-refractivity contribution in [3.8, 4) is 0 Å². The number of nitrogens with zero attached hydrogens (tertiary/aromatic N) is 1. The van der Waals surface area contributed by atoms with Gasteiger partial charge >= 0.3 is 12.0 Å². The minimum Gasteiger partial charge on any atom is -0.481 e. The third-order valence-corrected chi connectivity index (χ3v) is 3.90. The molecule has 24 heavy (non-hydrogen) atoms. The highest BCUT2D eigenvalue weighted by Gasteiger charge is 2.21. The van der Waals surface area contributed by atoms with Gasteiger partial charge in [-0.15, -0.1) is 0 Å². The maximum absolute atomic E-state index is 12.6. The van der Waals surface area contributed by atoms with E-state index in [1.807, 2.05) is 4.90 Å². The Balaban J connectivity index is 1.94. The Hall–Kier alpha value is -2.57. The van der Waals surface area contributed by atoms with Gasteiger partial charge in [0.1, 0.15) is 0 Å². The van der Waals surface area contributed by atoms with Crippen LogP contribution in [0.1, 0.15) is 42.5 Å². The molecule has 1 heterocycles. The molecule has 0 spiro atoms. The highest BCUT2D eigenvalue weighted by molar-refractivity contribution is 6.03. The molecule has 3 amide bonds. The number of rotatable bonds is 6. The van der Waals surface area contributed by atoms with Crippen LogP contribution in [0.4, 0.5) is 10.5 Å². The van der Waals surface area contributed by atoms with Crippen molar-refractivity contribution in [3.05, 3.63) is 29.8 Å².